The quantitative estimate of drug-likeness (QED) is 0.203. The molecule has 5 aliphatic rings. The fourth-order valence-corrected chi connectivity index (χ4v) is 11.2. The van der Waals surface area contributed by atoms with E-state index in [1.165, 1.54) is 19.4 Å². The van der Waals surface area contributed by atoms with Gasteiger partial charge in [0.25, 0.3) is 0 Å². The third-order valence-corrected chi connectivity index (χ3v) is 13.5. The lowest BCUT2D eigenvalue weighted by Gasteiger charge is -2.71. The number of fused-ring (bicyclic) bond motifs is 7. The van der Waals surface area contributed by atoms with Crippen molar-refractivity contribution in [1.29, 1.82) is 0 Å². The molecule has 0 bridgehead atoms. The summed E-state index contributed by atoms with van der Waals surface area (Å²) in [6, 6.07) is 0. The zero-order valence-corrected chi connectivity index (χ0v) is 26.0. The monoisotopic (exact) mass is 540 g/mol. The Labute approximate surface area is 236 Å². The van der Waals surface area contributed by atoms with Crippen molar-refractivity contribution in [2.75, 3.05) is 0 Å². The van der Waals surface area contributed by atoms with Gasteiger partial charge in [-0.3, -0.25) is 14.4 Å². The molecule has 4 fully saturated rings. The lowest BCUT2D eigenvalue weighted by molar-refractivity contribution is -0.213. The van der Waals surface area contributed by atoms with E-state index in [1.807, 2.05) is 0 Å². The second-order valence-corrected chi connectivity index (χ2v) is 16.2. The fourth-order valence-electron chi connectivity index (χ4n) is 11.2. The van der Waals surface area contributed by atoms with Crippen LogP contribution >= 0.6 is 0 Å². The van der Waals surface area contributed by atoms with Crippen LogP contribution in [0.25, 0.3) is 0 Å². The zero-order valence-electron chi connectivity index (χ0n) is 26.0. The summed E-state index contributed by atoms with van der Waals surface area (Å²) in [5.41, 5.74) is 1.31. The van der Waals surface area contributed by atoms with Crippen LogP contribution in [0, 0.1) is 50.2 Å². The molecule has 0 aromatic rings. The van der Waals surface area contributed by atoms with Crippen LogP contribution in [0.1, 0.15) is 127 Å². The second-order valence-electron chi connectivity index (χ2n) is 16.2. The van der Waals surface area contributed by atoms with Crippen molar-refractivity contribution >= 4 is 17.9 Å². The van der Waals surface area contributed by atoms with E-state index in [0.717, 1.165) is 64.2 Å². The van der Waals surface area contributed by atoms with Gasteiger partial charge in [-0.1, -0.05) is 60.1 Å². The molecule has 0 aromatic heterocycles. The Morgan fingerprint density at radius 1 is 0.795 bits per heavy atom. The maximum Gasteiger partial charge on any atom is 0.320 e. The van der Waals surface area contributed by atoms with Gasteiger partial charge < -0.3 is 9.47 Å². The summed E-state index contributed by atoms with van der Waals surface area (Å²) >= 11 is 0. The first-order valence-corrected chi connectivity index (χ1v) is 15.5. The van der Waals surface area contributed by atoms with E-state index in [0.29, 0.717) is 11.8 Å². The standard InChI is InChI=1S/C34H52O5/c1-21(35)38-27-13-14-31(7)25(30(27,5)6)12-15-33(9)26(31)11-10-23-24-20-29(3,4)16-18-34(24,19-17-32(23,33)8)28(37)39-22(2)36/h10,24-27H,11-20H2,1-9H3/t24-,25-,26+,27-,31-,32+,33+,34-/m1/s1. The van der Waals surface area contributed by atoms with Crippen LogP contribution in [-0.4, -0.2) is 24.0 Å². The second kappa shape index (κ2) is 8.92. The minimum Gasteiger partial charge on any atom is -0.462 e. The number of allylic oxidation sites excluding steroid dienone is 2. The number of ether oxygens (including phenoxy) is 2. The highest BCUT2D eigenvalue weighted by atomic mass is 16.6. The summed E-state index contributed by atoms with van der Waals surface area (Å²) in [6.07, 6.45) is 12.4. The summed E-state index contributed by atoms with van der Waals surface area (Å²) < 4.78 is 11.3. The van der Waals surface area contributed by atoms with Gasteiger partial charge in [0.15, 0.2) is 0 Å². The maximum absolute atomic E-state index is 13.6. The van der Waals surface area contributed by atoms with E-state index >= 15 is 0 Å². The Balaban J connectivity index is 1.55. The fraction of sp³-hybridized carbons (Fsp3) is 0.853. The van der Waals surface area contributed by atoms with Crippen molar-refractivity contribution < 1.29 is 23.9 Å². The first-order chi connectivity index (χ1) is 17.9. The van der Waals surface area contributed by atoms with Gasteiger partial charge >= 0.3 is 17.9 Å². The van der Waals surface area contributed by atoms with Crippen molar-refractivity contribution in [3.05, 3.63) is 11.6 Å². The van der Waals surface area contributed by atoms with E-state index in [1.54, 1.807) is 0 Å². The Morgan fingerprint density at radius 3 is 2.10 bits per heavy atom. The number of esters is 3. The van der Waals surface area contributed by atoms with Gasteiger partial charge in [0.1, 0.15) is 6.10 Å². The molecule has 4 saturated carbocycles. The summed E-state index contributed by atoms with van der Waals surface area (Å²) in [4.78, 5) is 37.5. The van der Waals surface area contributed by atoms with Crippen molar-refractivity contribution in [1.82, 2.24) is 0 Å². The smallest absolute Gasteiger partial charge is 0.320 e. The molecular weight excluding hydrogens is 488 g/mol. The van der Waals surface area contributed by atoms with Crippen molar-refractivity contribution in [3.8, 4) is 0 Å². The van der Waals surface area contributed by atoms with Gasteiger partial charge in [-0.2, -0.15) is 0 Å². The van der Waals surface area contributed by atoms with Crippen molar-refractivity contribution in [2.45, 2.75) is 133 Å². The normalized spacial score (nSPS) is 45.8. The predicted molar refractivity (Wildman–Crippen MR) is 151 cm³/mol. The van der Waals surface area contributed by atoms with E-state index in [9.17, 15) is 14.4 Å². The van der Waals surface area contributed by atoms with Crippen LogP contribution in [0.3, 0.4) is 0 Å². The Morgan fingerprint density at radius 2 is 1.46 bits per heavy atom. The van der Waals surface area contributed by atoms with Gasteiger partial charge in [0, 0.05) is 19.3 Å². The third-order valence-electron chi connectivity index (χ3n) is 13.5. The number of hydrogen-bond donors (Lipinski definition) is 0. The SMILES string of the molecule is CC(=O)OC(=O)[C@@]12CCC(C)(C)C[C@@H]1C1=CC[C@H]3[C@]4(C)CC[C@@H](OC(C)=O)C(C)(C)[C@H]4CC[C@]3(C)[C@@]1(C)CC2. The van der Waals surface area contributed by atoms with Gasteiger partial charge in [-0.25, -0.2) is 0 Å². The summed E-state index contributed by atoms with van der Waals surface area (Å²) in [5.74, 6) is 0.233. The minimum absolute atomic E-state index is 0.0128. The van der Waals surface area contributed by atoms with Crippen LogP contribution in [0.2, 0.25) is 0 Å². The number of carbonyl (C=O) groups excluding carboxylic acids is 3. The summed E-state index contributed by atoms with van der Waals surface area (Å²) in [7, 11) is 0. The van der Waals surface area contributed by atoms with Crippen LogP contribution in [0.4, 0.5) is 0 Å². The van der Waals surface area contributed by atoms with E-state index in [4.69, 9.17) is 9.47 Å². The molecule has 39 heavy (non-hydrogen) atoms. The maximum atomic E-state index is 13.6. The Hall–Kier alpha value is -1.65. The third kappa shape index (κ3) is 4.02. The zero-order chi connectivity index (χ0) is 28.8. The highest BCUT2D eigenvalue weighted by Crippen LogP contribution is 2.76. The number of hydrogen-bond acceptors (Lipinski definition) is 5. The molecule has 5 nitrogen and oxygen atoms in total. The molecule has 0 heterocycles. The average molecular weight is 541 g/mol. The molecule has 5 aliphatic carbocycles. The molecule has 0 spiro atoms. The van der Waals surface area contributed by atoms with Crippen LogP contribution in [-0.2, 0) is 23.9 Å². The molecule has 8 atom stereocenters. The van der Waals surface area contributed by atoms with Crippen molar-refractivity contribution in [3.63, 3.8) is 0 Å². The van der Waals surface area contributed by atoms with Gasteiger partial charge in [-0.15, -0.1) is 0 Å². The molecule has 0 saturated heterocycles. The molecule has 5 heteroatoms. The average Bonchev–Trinajstić information content (AvgIpc) is 2.80. The molecule has 5 rings (SSSR count). The molecule has 0 N–H and O–H groups in total. The van der Waals surface area contributed by atoms with Crippen LogP contribution in [0.5, 0.6) is 0 Å². The van der Waals surface area contributed by atoms with Gasteiger partial charge in [0.05, 0.1) is 5.41 Å². The molecule has 0 aliphatic heterocycles. The number of rotatable bonds is 2. The molecule has 0 unspecified atom stereocenters. The van der Waals surface area contributed by atoms with Crippen molar-refractivity contribution in [2.24, 2.45) is 50.2 Å². The predicted octanol–water partition coefficient (Wildman–Crippen LogP) is 7.81. The molecule has 218 valence electrons. The molecular formula is C34H52O5. The van der Waals surface area contributed by atoms with Crippen LogP contribution in [0.15, 0.2) is 11.6 Å². The van der Waals surface area contributed by atoms with E-state index < -0.39 is 11.4 Å². The lowest BCUT2D eigenvalue weighted by Crippen LogP contribution is -2.65. The molecule has 0 amide bonds. The Bertz CT molecular complexity index is 1100. The first kappa shape index (κ1) is 28.9. The highest BCUT2D eigenvalue weighted by Gasteiger charge is 2.69. The first-order valence-electron chi connectivity index (χ1n) is 15.5. The summed E-state index contributed by atoms with van der Waals surface area (Å²) in [6.45, 7) is 19.8. The van der Waals surface area contributed by atoms with Gasteiger partial charge in [-0.05, 0) is 104 Å². The molecule has 0 aromatic carbocycles. The largest absolute Gasteiger partial charge is 0.462 e. The van der Waals surface area contributed by atoms with E-state index in [-0.39, 0.29) is 51.0 Å². The topological polar surface area (TPSA) is 69.7 Å². The van der Waals surface area contributed by atoms with Crippen LogP contribution < -0.4 is 0 Å². The number of carbonyl (C=O) groups is 3. The summed E-state index contributed by atoms with van der Waals surface area (Å²) in [5, 5.41) is 0. The molecule has 0 radical (unpaired) electrons. The highest BCUT2D eigenvalue weighted by molar-refractivity contribution is 5.88. The minimum atomic E-state index is -0.582. The van der Waals surface area contributed by atoms with E-state index in [2.05, 4.69) is 54.5 Å². The Kier molecular flexibility index (Phi) is 6.60. The lowest BCUT2D eigenvalue weighted by atomic mass is 9.33. The van der Waals surface area contributed by atoms with Gasteiger partial charge in [0.2, 0.25) is 0 Å².